The van der Waals surface area contributed by atoms with Crippen LogP contribution in [0.25, 0.3) is 0 Å². The molecule has 0 amide bonds. The second kappa shape index (κ2) is 7.85. The molecule has 4 heteroatoms. The van der Waals surface area contributed by atoms with Gasteiger partial charge in [-0.25, -0.2) is 0 Å². The molecule has 2 atom stereocenters. The smallest absolute Gasteiger partial charge is 0.326 e. The number of rotatable bonds is 8. The number of carbonyl (C=O) groups is 1. The summed E-state index contributed by atoms with van der Waals surface area (Å²) in [6, 6.07) is 0.495. The summed E-state index contributed by atoms with van der Waals surface area (Å²) in [5.74, 6) is -0.0664. The molecule has 1 fully saturated rings. The molecule has 1 aliphatic carbocycles. The maximum absolute atomic E-state index is 12.2. The van der Waals surface area contributed by atoms with Crippen LogP contribution in [0.15, 0.2) is 0 Å². The number of esters is 1. The summed E-state index contributed by atoms with van der Waals surface area (Å²) in [6.07, 6.45) is 5.28. The molecule has 0 aromatic carbocycles. The van der Waals surface area contributed by atoms with Crippen LogP contribution in [-0.4, -0.2) is 49.2 Å². The Kier molecular flexibility index (Phi) is 6.80. The number of carbonyl (C=O) groups excluding carboxylic acids is 1. The number of nitrogens with zero attached hydrogens (tertiary/aromatic N) is 1. The van der Waals surface area contributed by atoms with E-state index in [2.05, 4.69) is 31.1 Å². The fraction of sp³-hybridized carbons (Fsp3) is 0.933. The summed E-state index contributed by atoms with van der Waals surface area (Å²) in [7, 11) is 2.17. The van der Waals surface area contributed by atoms with Crippen LogP contribution in [0.2, 0.25) is 0 Å². The Labute approximate surface area is 117 Å². The highest BCUT2D eigenvalue weighted by molar-refractivity contribution is 5.81. The van der Waals surface area contributed by atoms with Gasteiger partial charge in [-0.3, -0.25) is 4.79 Å². The summed E-state index contributed by atoms with van der Waals surface area (Å²) < 4.78 is 5.27. The minimum absolute atomic E-state index is 0.0664. The van der Waals surface area contributed by atoms with E-state index in [4.69, 9.17) is 4.74 Å². The number of likely N-dealkylation sites (N-methyl/N-ethyl adjacent to an activating group) is 1. The Morgan fingerprint density at radius 3 is 2.74 bits per heavy atom. The molecule has 2 unspecified atom stereocenters. The molecule has 1 rings (SSSR count). The first-order valence-corrected chi connectivity index (χ1v) is 7.72. The largest absolute Gasteiger partial charge is 0.465 e. The summed E-state index contributed by atoms with van der Waals surface area (Å²) in [4.78, 5) is 14.6. The maximum Gasteiger partial charge on any atom is 0.326 e. The Morgan fingerprint density at radius 1 is 1.42 bits per heavy atom. The van der Waals surface area contributed by atoms with E-state index in [9.17, 15) is 4.79 Å². The first kappa shape index (κ1) is 16.4. The van der Waals surface area contributed by atoms with E-state index >= 15 is 0 Å². The topological polar surface area (TPSA) is 41.6 Å². The van der Waals surface area contributed by atoms with E-state index in [0.717, 1.165) is 32.4 Å². The van der Waals surface area contributed by atoms with E-state index in [1.807, 2.05) is 6.92 Å². The van der Waals surface area contributed by atoms with E-state index in [0.29, 0.717) is 12.6 Å². The highest BCUT2D eigenvalue weighted by Crippen LogP contribution is 2.34. The highest BCUT2D eigenvalue weighted by Gasteiger charge is 2.46. The lowest BCUT2D eigenvalue weighted by molar-refractivity contribution is -0.151. The SMILES string of the molecule is CCCCN(C)C1CCC(NCC)(C(=O)OCC)C1. The average Bonchev–Trinajstić information content (AvgIpc) is 2.82. The molecular formula is C15H30N2O2. The average molecular weight is 270 g/mol. The van der Waals surface area contributed by atoms with Crippen LogP contribution in [0.5, 0.6) is 0 Å². The van der Waals surface area contributed by atoms with Crippen LogP contribution < -0.4 is 5.32 Å². The van der Waals surface area contributed by atoms with Gasteiger partial charge in [0.15, 0.2) is 0 Å². The predicted molar refractivity (Wildman–Crippen MR) is 78.2 cm³/mol. The summed E-state index contributed by atoms with van der Waals surface area (Å²) in [6.45, 7) is 8.52. The van der Waals surface area contributed by atoms with Crippen molar-refractivity contribution in [2.45, 2.75) is 64.5 Å². The van der Waals surface area contributed by atoms with Crippen LogP contribution >= 0.6 is 0 Å². The molecule has 19 heavy (non-hydrogen) atoms. The van der Waals surface area contributed by atoms with E-state index in [1.54, 1.807) is 0 Å². The Bertz CT molecular complexity index is 283. The molecule has 0 aromatic heterocycles. The lowest BCUT2D eigenvalue weighted by atomic mass is 9.97. The van der Waals surface area contributed by atoms with Gasteiger partial charge in [0.2, 0.25) is 0 Å². The molecule has 0 bridgehead atoms. The number of ether oxygens (including phenoxy) is 1. The van der Waals surface area contributed by atoms with Gasteiger partial charge in [-0.15, -0.1) is 0 Å². The van der Waals surface area contributed by atoms with Crippen molar-refractivity contribution in [3.8, 4) is 0 Å². The van der Waals surface area contributed by atoms with Gasteiger partial charge in [-0.05, 0) is 52.7 Å². The fourth-order valence-electron chi connectivity index (χ4n) is 3.01. The van der Waals surface area contributed by atoms with Crippen LogP contribution in [0.3, 0.4) is 0 Å². The van der Waals surface area contributed by atoms with E-state index < -0.39 is 5.54 Å². The number of hydrogen-bond donors (Lipinski definition) is 1. The quantitative estimate of drug-likeness (QED) is 0.686. The minimum Gasteiger partial charge on any atom is -0.465 e. The van der Waals surface area contributed by atoms with Crippen molar-refractivity contribution in [3.63, 3.8) is 0 Å². The minimum atomic E-state index is -0.449. The third-order valence-corrected chi connectivity index (χ3v) is 4.16. The van der Waals surface area contributed by atoms with Crippen LogP contribution in [-0.2, 0) is 9.53 Å². The van der Waals surface area contributed by atoms with Gasteiger partial charge in [0, 0.05) is 6.04 Å². The standard InChI is InChI=1S/C15H30N2O2/c1-5-8-11-17(4)13-9-10-15(12-13,16-6-2)14(18)19-7-3/h13,16H,5-12H2,1-4H3. The summed E-state index contributed by atoms with van der Waals surface area (Å²) in [5.41, 5.74) is -0.449. The number of nitrogens with one attached hydrogen (secondary N) is 1. The molecule has 0 aromatic rings. The number of unbranched alkanes of at least 4 members (excludes halogenated alkanes) is 1. The van der Waals surface area contributed by atoms with Gasteiger partial charge < -0.3 is 15.0 Å². The van der Waals surface area contributed by atoms with Gasteiger partial charge in [-0.1, -0.05) is 20.3 Å². The Hall–Kier alpha value is -0.610. The zero-order valence-corrected chi connectivity index (χ0v) is 13.0. The van der Waals surface area contributed by atoms with E-state index in [1.165, 1.54) is 12.8 Å². The molecule has 4 nitrogen and oxygen atoms in total. The molecule has 1 saturated carbocycles. The second-order valence-electron chi connectivity index (χ2n) is 5.56. The summed E-state index contributed by atoms with van der Waals surface area (Å²) in [5, 5.41) is 3.38. The molecule has 0 aliphatic heterocycles. The van der Waals surface area contributed by atoms with Crippen molar-refractivity contribution in [2.24, 2.45) is 0 Å². The Morgan fingerprint density at radius 2 is 2.16 bits per heavy atom. The lowest BCUT2D eigenvalue weighted by Crippen LogP contribution is -2.52. The van der Waals surface area contributed by atoms with Gasteiger partial charge in [0.25, 0.3) is 0 Å². The molecule has 0 radical (unpaired) electrons. The van der Waals surface area contributed by atoms with Gasteiger partial charge >= 0.3 is 5.97 Å². The fourth-order valence-corrected chi connectivity index (χ4v) is 3.01. The first-order chi connectivity index (χ1) is 9.09. The van der Waals surface area contributed by atoms with Crippen molar-refractivity contribution in [2.75, 3.05) is 26.7 Å². The third-order valence-electron chi connectivity index (χ3n) is 4.16. The molecule has 0 heterocycles. The van der Waals surface area contributed by atoms with Crippen molar-refractivity contribution >= 4 is 5.97 Å². The molecule has 1 N–H and O–H groups in total. The highest BCUT2D eigenvalue weighted by atomic mass is 16.5. The zero-order chi connectivity index (χ0) is 14.3. The lowest BCUT2D eigenvalue weighted by Gasteiger charge is -2.30. The molecule has 1 aliphatic rings. The second-order valence-corrected chi connectivity index (χ2v) is 5.56. The van der Waals surface area contributed by atoms with Crippen molar-refractivity contribution in [1.82, 2.24) is 10.2 Å². The van der Waals surface area contributed by atoms with Crippen molar-refractivity contribution in [3.05, 3.63) is 0 Å². The summed E-state index contributed by atoms with van der Waals surface area (Å²) >= 11 is 0. The van der Waals surface area contributed by atoms with Crippen molar-refractivity contribution < 1.29 is 9.53 Å². The predicted octanol–water partition coefficient (Wildman–Crippen LogP) is 2.18. The first-order valence-electron chi connectivity index (χ1n) is 7.72. The molecule has 0 saturated heterocycles. The normalized spacial score (nSPS) is 26.9. The van der Waals surface area contributed by atoms with Crippen LogP contribution in [0.4, 0.5) is 0 Å². The van der Waals surface area contributed by atoms with E-state index in [-0.39, 0.29) is 5.97 Å². The third kappa shape index (κ3) is 4.18. The van der Waals surface area contributed by atoms with Crippen LogP contribution in [0, 0.1) is 0 Å². The Balaban J connectivity index is 2.63. The van der Waals surface area contributed by atoms with Crippen molar-refractivity contribution in [1.29, 1.82) is 0 Å². The zero-order valence-electron chi connectivity index (χ0n) is 13.0. The van der Waals surface area contributed by atoms with Gasteiger partial charge in [0.05, 0.1) is 6.61 Å². The molecule has 0 spiro atoms. The monoisotopic (exact) mass is 270 g/mol. The van der Waals surface area contributed by atoms with Crippen LogP contribution in [0.1, 0.15) is 52.9 Å². The maximum atomic E-state index is 12.2. The molecular weight excluding hydrogens is 240 g/mol. The number of hydrogen-bond acceptors (Lipinski definition) is 4. The molecule has 112 valence electrons. The van der Waals surface area contributed by atoms with Gasteiger partial charge in [0.1, 0.15) is 5.54 Å². The van der Waals surface area contributed by atoms with Gasteiger partial charge in [-0.2, -0.15) is 0 Å².